The molecule has 0 aromatic carbocycles. The lowest BCUT2D eigenvalue weighted by atomic mass is 10.2. The summed E-state index contributed by atoms with van der Waals surface area (Å²) in [4.78, 5) is 20.7. The van der Waals surface area contributed by atoms with E-state index in [4.69, 9.17) is 5.41 Å². The van der Waals surface area contributed by atoms with E-state index in [0.29, 0.717) is 6.42 Å². The third kappa shape index (κ3) is 5.98. The number of esters is 1. The summed E-state index contributed by atoms with van der Waals surface area (Å²) >= 11 is 0. The number of aldehydes is 1. The Bertz CT molecular complexity index is 204. The fourth-order valence-electron chi connectivity index (χ4n) is 0.792. The summed E-state index contributed by atoms with van der Waals surface area (Å²) < 4.78 is 4.49. The highest BCUT2D eigenvalue weighted by Crippen LogP contribution is 1.97. The first-order chi connectivity index (χ1) is 6.10. The zero-order chi connectivity index (χ0) is 10.3. The molecule has 5 nitrogen and oxygen atoms in total. The highest BCUT2D eigenvalue weighted by molar-refractivity contribution is 5.85. The van der Waals surface area contributed by atoms with Crippen LogP contribution >= 0.6 is 0 Å². The molecule has 0 heterocycles. The van der Waals surface area contributed by atoms with Crippen molar-refractivity contribution in [1.29, 1.82) is 5.41 Å². The third-order valence-corrected chi connectivity index (χ3v) is 1.48. The van der Waals surface area contributed by atoms with Gasteiger partial charge >= 0.3 is 5.97 Å². The molecule has 0 rings (SSSR count). The van der Waals surface area contributed by atoms with E-state index in [1.54, 1.807) is 7.05 Å². The molecule has 0 aromatic heterocycles. The number of hydrogen-bond acceptors (Lipinski definition) is 5. The minimum absolute atomic E-state index is 0.102. The zero-order valence-electron chi connectivity index (χ0n) is 7.79. The third-order valence-electron chi connectivity index (χ3n) is 1.48. The van der Waals surface area contributed by atoms with Crippen LogP contribution in [0.2, 0.25) is 0 Å². The van der Waals surface area contributed by atoms with Gasteiger partial charge in [0.05, 0.1) is 6.04 Å². The predicted molar refractivity (Wildman–Crippen MR) is 47.6 cm³/mol. The summed E-state index contributed by atoms with van der Waals surface area (Å²) in [7, 11) is 1.66. The van der Waals surface area contributed by atoms with Crippen molar-refractivity contribution in [2.75, 3.05) is 7.05 Å². The highest BCUT2D eigenvalue weighted by atomic mass is 16.5. The first-order valence-corrected chi connectivity index (χ1v) is 3.98. The summed E-state index contributed by atoms with van der Waals surface area (Å²) in [6.45, 7) is 1.24. The number of nitrogens with one attached hydrogen (secondary N) is 2. The molecule has 1 unspecified atom stereocenters. The van der Waals surface area contributed by atoms with Crippen LogP contribution in [0.5, 0.6) is 0 Å². The van der Waals surface area contributed by atoms with Gasteiger partial charge in [-0.15, -0.1) is 0 Å². The Balaban J connectivity index is 3.68. The van der Waals surface area contributed by atoms with Gasteiger partial charge in [0.1, 0.15) is 6.29 Å². The van der Waals surface area contributed by atoms with Crippen LogP contribution in [-0.4, -0.2) is 31.2 Å². The Morgan fingerprint density at radius 2 is 2.31 bits per heavy atom. The fourth-order valence-corrected chi connectivity index (χ4v) is 0.792. The van der Waals surface area contributed by atoms with E-state index in [2.05, 4.69) is 10.1 Å². The molecule has 13 heavy (non-hydrogen) atoms. The molecule has 0 aromatic rings. The quantitative estimate of drug-likeness (QED) is 0.276. The van der Waals surface area contributed by atoms with Crippen molar-refractivity contribution < 1.29 is 14.3 Å². The van der Waals surface area contributed by atoms with Crippen LogP contribution < -0.4 is 5.32 Å². The summed E-state index contributed by atoms with van der Waals surface area (Å²) in [5.41, 5.74) is 0. The standard InChI is InChI=1S/C8H14N2O3/c1-6(12)13-8(9)4-3-7(5-11)10-2/h5,7,9-10H,3-4H2,1-2H3. The van der Waals surface area contributed by atoms with E-state index < -0.39 is 5.97 Å². The summed E-state index contributed by atoms with van der Waals surface area (Å²) in [5, 5.41) is 9.93. The van der Waals surface area contributed by atoms with E-state index in [1.165, 1.54) is 6.92 Å². The molecule has 0 saturated carbocycles. The molecule has 0 aliphatic carbocycles. The van der Waals surface area contributed by atoms with Crippen LogP contribution in [0.25, 0.3) is 0 Å². The highest BCUT2D eigenvalue weighted by Gasteiger charge is 2.07. The molecule has 0 aliphatic heterocycles. The Morgan fingerprint density at radius 3 is 2.69 bits per heavy atom. The normalized spacial score (nSPS) is 11.8. The lowest BCUT2D eigenvalue weighted by Crippen LogP contribution is -2.27. The fraction of sp³-hybridized carbons (Fsp3) is 0.625. The Hall–Kier alpha value is -1.23. The van der Waals surface area contributed by atoms with Gasteiger partial charge in [-0.2, -0.15) is 0 Å². The van der Waals surface area contributed by atoms with E-state index in [-0.39, 0.29) is 18.4 Å². The maximum Gasteiger partial charge on any atom is 0.309 e. The predicted octanol–water partition coefficient (Wildman–Crippen LogP) is 0.0939. The average Bonchev–Trinajstić information content (AvgIpc) is 2.05. The molecule has 0 aliphatic rings. The first-order valence-electron chi connectivity index (χ1n) is 3.98. The van der Waals surface area contributed by atoms with Crippen LogP contribution in [0.4, 0.5) is 0 Å². The zero-order valence-corrected chi connectivity index (χ0v) is 7.79. The van der Waals surface area contributed by atoms with E-state index >= 15 is 0 Å². The van der Waals surface area contributed by atoms with Gasteiger partial charge in [-0.25, -0.2) is 0 Å². The molecule has 74 valence electrons. The molecule has 1 atom stereocenters. The van der Waals surface area contributed by atoms with Crippen LogP contribution in [0, 0.1) is 5.41 Å². The van der Waals surface area contributed by atoms with Gasteiger partial charge in [0, 0.05) is 13.3 Å². The molecule has 0 saturated heterocycles. The molecule has 0 radical (unpaired) electrons. The Morgan fingerprint density at radius 1 is 1.69 bits per heavy atom. The van der Waals surface area contributed by atoms with Crippen molar-refractivity contribution in [3.63, 3.8) is 0 Å². The first kappa shape index (κ1) is 11.8. The topological polar surface area (TPSA) is 79.2 Å². The lowest BCUT2D eigenvalue weighted by molar-refractivity contribution is -0.133. The second-order valence-corrected chi connectivity index (χ2v) is 2.59. The Kier molecular flexibility index (Phi) is 5.71. The van der Waals surface area contributed by atoms with Crippen molar-refractivity contribution in [3.05, 3.63) is 0 Å². The molecular formula is C8H14N2O3. The number of ether oxygens (including phenoxy) is 1. The molecular weight excluding hydrogens is 172 g/mol. The molecule has 0 bridgehead atoms. The van der Waals surface area contributed by atoms with Crippen molar-refractivity contribution in [2.24, 2.45) is 0 Å². The van der Waals surface area contributed by atoms with Crippen molar-refractivity contribution in [1.82, 2.24) is 5.32 Å². The van der Waals surface area contributed by atoms with Crippen LogP contribution in [0.3, 0.4) is 0 Å². The van der Waals surface area contributed by atoms with Crippen LogP contribution in [0.1, 0.15) is 19.8 Å². The number of likely N-dealkylation sites (N-methyl/N-ethyl adjacent to an activating group) is 1. The molecule has 0 fully saturated rings. The van der Waals surface area contributed by atoms with Gasteiger partial charge < -0.3 is 14.8 Å². The minimum Gasteiger partial charge on any atom is -0.412 e. The number of carbonyl (C=O) groups is 2. The van der Waals surface area contributed by atoms with Gasteiger partial charge in [-0.05, 0) is 13.5 Å². The van der Waals surface area contributed by atoms with Crippen LogP contribution in [-0.2, 0) is 14.3 Å². The maximum atomic E-state index is 10.4. The van der Waals surface area contributed by atoms with E-state index in [9.17, 15) is 9.59 Å². The molecule has 2 N–H and O–H groups in total. The van der Waals surface area contributed by atoms with Gasteiger partial charge in [-0.1, -0.05) is 0 Å². The van der Waals surface area contributed by atoms with Gasteiger partial charge in [-0.3, -0.25) is 10.2 Å². The van der Waals surface area contributed by atoms with Gasteiger partial charge in [0.15, 0.2) is 5.90 Å². The lowest BCUT2D eigenvalue weighted by Gasteiger charge is -2.08. The molecule has 5 heteroatoms. The number of carbonyl (C=O) groups excluding carboxylic acids is 2. The summed E-state index contributed by atoms with van der Waals surface area (Å²) in [6.07, 6.45) is 1.51. The summed E-state index contributed by atoms with van der Waals surface area (Å²) in [5.74, 6) is -0.605. The smallest absolute Gasteiger partial charge is 0.309 e. The molecule has 0 amide bonds. The Labute approximate surface area is 77.0 Å². The number of rotatable bonds is 5. The average molecular weight is 186 g/mol. The SMILES string of the molecule is CNC(C=O)CCC(=N)OC(C)=O. The van der Waals surface area contributed by atoms with Crippen molar-refractivity contribution >= 4 is 18.2 Å². The van der Waals surface area contributed by atoms with Crippen LogP contribution in [0.15, 0.2) is 0 Å². The number of hydrogen-bond donors (Lipinski definition) is 2. The monoisotopic (exact) mass is 186 g/mol. The second kappa shape index (κ2) is 6.30. The van der Waals surface area contributed by atoms with E-state index in [0.717, 1.165) is 6.29 Å². The largest absolute Gasteiger partial charge is 0.412 e. The maximum absolute atomic E-state index is 10.4. The molecule has 0 spiro atoms. The van der Waals surface area contributed by atoms with Gasteiger partial charge in [0.2, 0.25) is 0 Å². The van der Waals surface area contributed by atoms with E-state index in [1.807, 2.05) is 0 Å². The van der Waals surface area contributed by atoms with Gasteiger partial charge in [0.25, 0.3) is 0 Å². The van der Waals surface area contributed by atoms with Crippen molar-refractivity contribution in [3.8, 4) is 0 Å². The summed E-state index contributed by atoms with van der Waals surface area (Å²) in [6, 6.07) is -0.282. The van der Waals surface area contributed by atoms with Crippen molar-refractivity contribution in [2.45, 2.75) is 25.8 Å². The minimum atomic E-state index is -0.503. The second-order valence-electron chi connectivity index (χ2n) is 2.59.